The van der Waals surface area contributed by atoms with E-state index < -0.39 is 13.7 Å². The number of aryl methyl sites for hydroxylation is 1. The van der Waals surface area contributed by atoms with Gasteiger partial charge in [-0.3, -0.25) is 14.6 Å². The van der Waals surface area contributed by atoms with E-state index in [0.717, 1.165) is 11.6 Å². The molecule has 1 amide bonds. The molecular formula is C10H12NO5P. The fourth-order valence-corrected chi connectivity index (χ4v) is 1.50. The molecule has 0 heterocycles. The van der Waals surface area contributed by atoms with Gasteiger partial charge in [0, 0.05) is 11.8 Å². The van der Waals surface area contributed by atoms with Gasteiger partial charge in [0.25, 0.3) is 0 Å². The minimum atomic E-state index is -4.60. The SMILES string of the molecule is C=CC(=O)Nc1cc(OP(=O)(O)O)ccc1C. The molecule has 0 saturated heterocycles. The summed E-state index contributed by atoms with van der Waals surface area (Å²) in [7, 11) is -4.60. The van der Waals surface area contributed by atoms with Crippen LogP contribution < -0.4 is 9.84 Å². The second-order valence-corrected chi connectivity index (χ2v) is 4.42. The number of amides is 1. The minimum Gasteiger partial charge on any atom is -0.404 e. The van der Waals surface area contributed by atoms with Crippen LogP contribution in [0.2, 0.25) is 0 Å². The van der Waals surface area contributed by atoms with Crippen LogP contribution in [0, 0.1) is 6.92 Å². The summed E-state index contributed by atoms with van der Waals surface area (Å²) in [5.74, 6) is -0.440. The van der Waals surface area contributed by atoms with Gasteiger partial charge in [-0.15, -0.1) is 0 Å². The summed E-state index contributed by atoms with van der Waals surface area (Å²) in [6.07, 6.45) is 1.09. The Kier molecular flexibility index (Phi) is 4.07. The highest BCUT2D eigenvalue weighted by atomic mass is 31.2. The molecule has 1 aromatic carbocycles. The Bertz CT molecular complexity index is 493. The largest absolute Gasteiger partial charge is 0.524 e. The molecule has 6 nitrogen and oxygen atoms in total. The zero-order valence-corrected chi connectivity index (χ0v) is 9.98. The van der Waals surface area contributed by atoms with Crippen LogP contribution in [0.15, 0.2) is 30.9 Å². The molecule has 0 saturated carbocycles. The minimum absolute atomic E-state index is 0.0247. The Morgan fingerprint density at radius 2 is 2.18 bits per heavy atom. The first-order chi connectivity index (χ1) is 7.81. The topological polar surface area (TPSA) is 95.9 Å². The summed E-state index contributed by atoms with van der Waals surface area (Å²) < 4.78 is 15.0. The van der Waals surface area contributed by atoms with E-state index in [9.17, 15) is 9.36 Å². The molecule has 0 aromatic heterocycles. The maximum Gasteiger partial charge on any atom is 0.524 e. The summed E-state index contributed by atoms with van der Waals surface area (Å²) in [4.78, 5) is 28.4. The van der Waals surface area contributed by atoms with Crippen molar-refractivity contribution in [3.8, 4) is 5.75 Å². The Balaban J connectivity index is 2.98. The van der Waals surface area contributed by atoms with Crippen molar-refractivity contribution in [2.75, 3.05) is 5.32 Å². The fourth-order valence-electron chi connectivity index (χ4n) is 1.11. The first-order valence-electron chi connectivity index (χ1n) is 4.61. The molecule has 0 spiro atoms. The van der Waals surface area contributed by atoms with Gasteiger partial charge in [-0.1, -0.05) is 12.6 Å². The first-order valence-corrected chi connectivity index (χ1v) is 6.14. The lowest BCUT2D eigenvalue weighted by atomic mass is 10.2. The number of phosphoric ester groups is 1. The first kappa shape index (κ1) is 13.4. The fraction of sp³-hybridized carbons (Fsp3) is 0.100. The second-order valence-electron chi connectivity index (χ2n) is 3.25. The number of hydrogen-bond donors (Lipinski definition) is 3. The van der Waals surface area contributed by atoms with E-state index in [-0.39, 0.29) is 5.75 Å². The van der Waals surface area contributed by atoms with Crippen molar-refractivity contribution < 1.29 is 23.7 Å². The lowest BCUT2D eigenvalue weighted by Crippen LogP contribution is -2.08. The van der Waals surface area contributed by atoms with Crippen LogP contribution >= 0.6 is 7.82 Å². The van der Waals surface area contributed by atoms with Crippen molar-refractivity contribution in [1.29, 1.82) is 0 Å². The van der Waals surface area contributed by atoms with E-state index in [1.165, 1.54) is 12.1 Å². The number of benzene rings is 1. The lowest BCUT2D eigenvalue weighted by molar-refractivity contribution is -0.111. The van der Waals surface area contributed by atoms with Crippen molar-refractivity contribution in [2.24, 2.45) is 0 Å². The number of rotatable bonds is 4. The molecule has 0 aliphatic rings. The predicted octanol–water partition coefficient (Wildman–Crippen LogP) is 1.59. The Hall–Kier alpha value is -1.62. The molecule has 0 fully saturated rings. The standard InChI is InChI=1S/C10H12NO5P/c1-3-10(12)11-9-6-8(5-4-7(9)2)16-17(13,14)15/h3-6H,1H2,2H3,(H,11,12)(H2,13,14,15). The van der Waals surface area contributed by atoms with E-state index in [4.69, 9.17) is 9.79 Å². The molecule has 3 N–H and O–H groups in total. The molecule has 0 atom stereocenters. The number of nitrogens with one attached hydrogen (secondary N) is 1. The monoisotopic (exact) mass is 257 g/mol. The molecule has 0 radical (unpaired) electrons. The normalized spacial score (nSPS) is 10.8. The third-order valence-electron chi connectivity index (χ3n) is 1.88. The van der Waals surface area contributed by atoms with Crippen LogP contribution in [0.4, 0.5) is 5.69 Å². The highest BCUT2D eigenvalue weighted by molar-refractivity contribution is 7.46. The number of carbonyl (C=O) groups excluding carboxylic acids is 1. The van der Waals surface area contributed by atoms with Gasteiger partial charge in [0.05, 0.1) is 0 Å². The molecule has 0 unspecified atom stereocenters. The van der Waals surface area contributed by atoms with Crippen LogP contribution in [0.1, 0.15) is 5.56 Å². The van der Waals surface area contributed by atoms with Crippen molar-refractivity contribution >= 4 is 19.4 Å². The Morgan fingerprint density at radius 3 is 2.71 bits per heavy atom. The van der Waals surface area contributed by atoms with Gasteiger partial charge in [0.1, 0.15) is 5.75 Å². The van der Waals surface area contributed by atoms with E-state index in [0.29, 0.717) is 5.69 Å². The maximum absolute atomic E-state index is 11.1. The highest BCUT2D eigenvalue weighted by Crippen LogP contribution is 2.38. The number of carbonyl (C=O) groups is 1. The second kappa shape index (κ2) is 5.14. The van der Waals surface area contributed by atoms with Crippen molar-refractivity contribution in [2.45, 2.75) is 6.92 Å². The van der Waals surface area contributed by atoms with Crippen LogP contribution in [-0.4, -0.2) is 15.7 Å². The zero-order chi connectivity index (χ0) is 13.1. The van der Waals surface area contributed by atoms with Gasteiger partial charge in [-0.2, -0.15) is 0 Å². The van der Waals surface area contributed by atoms with Gasteiger partial charge in [0.15, 0.2) is 0 Å². The van der Waals surface area contributed by atoms with Crippen molar-refractivity contribution in [1.82, 2.24) is 0 Å². The molecule has 1 aromatic rings. The third kappa shape index (κ3) is 4.40. The number of phosphoric acid groups is 1. The quantitative estimate of drug-likeness (QED) is 0.562. The Labute approximate surface area is 98.2 Å². The van der Waals surface area contributed by atoms with Gasteiger partial charge >= 0.3 is 7.82 Å². The summed E-state index contributed by atoms with van der Waals surface area (Å²) in [6, 6.07) is 4.30. The smallest absolute Gasteiger partial charge is 0.404 e. The van der Waals surface area contributed by atoms with Gasteiger partial charge < -0.3 is 9.84 Å². The van der Waals surface area contributed by atoms with Gasteiger partial charge in [-0.05, 0) is 24.6 Å². The molecule has 0 aliphatic heterocycles. The molecule has 0 bridgehead atoms. The van der Waals surface area contributed by atoms with Crippen LogP contribution in [0.25, 0.3) is 0 Å². The van der Waals surface area contributed by atoms with E-state index in [2.05, 4.69) is 16.4 Å². The summed E-state index contributed by atoms with van der Waals surface area (Å²) in [5, 5.41) is 2.50. The van der Waals surface area contributed by atoms with Crippen LogP contribution in [0.5, 0.6) is 5.75 Å². The van der Waals surface area contributed by atoms with Gasteiger partial charge in [-0.25, -0.2) is 4.57 Å². The lowest BCUT2D eigenvalue weighted by Gasteiger charge is -2.10. The van der Waals surface area contributed by atoms with Crippen LogP contribution in [0.3, 0.4) is 0 Å². The molecule has 1 rings (SSSR count). The van der Waals surface area contributed by atoms with E-state index >= 15 is 0 Å². The highest BCUT2D eigenvalue weighted by Gasteiger charge is 2.16. The zero-order valence-electron chi connectivity index (χ0n) is 9.08. The van der Waals surface area contributed by atoms with Crippen LogP contribution in [-0.2, 0) is 9.36 Å². The number of hydrogen-bond acceptors (Lipinski definition) is 3. The summed E-state index contributed by atoms with van der Waals surface area (Å²) in [6.45, 7) is 5.04. The predicted molar refractivity (Wildman–Crippen MR) is 62.7 cm³/mol. The molecule has 0 aliphatic carbocycles. The molecule has 92 valence electrons. The van der Waals surface area contributed by atoms with E-state index in [1.54, 1.807) is 13.0 Å². The van der Waals surface area contributed by atoms with Crippen molar-refractivity contribution in [3.63, 3.8) is 0 Å². The molecule has 17 heavy (non-hydrogen) atoms. The van der Waals surface area contributed by atoms with Gasteiger partial charge in [0.2, 0.25) is 5.91 Å². The van der Waals surface area contributed by atoms with Crippen molar-refractivity contribution in [3.05, 3.63) is 36.4 Å². The molecule has 7 heteroatoms. The van der Waals surface area contributed by atoms with E-state index in [1.807, 2.05) is 0 Å². The summed E-state index contributed by atoms with van der Waals surface area (Å²) in [5.41, 5.74) is 1.14. The average Bonchev–Trinajstić information content (AvgIpc) is 2.20. The maximum atomic E-state index is 11.1. The molecular weight excluding hydrogens is 245 g/mol. The third-order valence-corrected chi connectivity index (χ3v) is 2.33. The summed E-state index contributed by atoms with van der Waals surface area (Å²) >= 11 is 0. The average molecular weight is 257 g/mol. The Morgan fingerprint density at radius 1 is 1.53 bits per heavy atom. The number of anilines is 1.